The second-order valence-corrected chi connectivity index (χ2v) is 3.83. The first-order valence-electron chi connectivity index (χ1n) is 5.33. The molecule has 0 bridgehead atoms. The van der Waals surface area contributed by atoms with Gasteiger partial charge in [-0.25, -0.2) is 0 Å². The first-order valence-corrected chi connectivity index (χ1v) is 5.33. The average Bonchev–Trinajstić information content (AvgIpc) is 2.75. The molecule has 1 heterocycles. The number of amides is 1. The molecule has 0 aliphatic carbocycles. The fourth-order valence-corrected chi connectivity index (χ4v) is 1.96. The molecule has 1 aliphatic heterocycles. The fourth-order valence-electron chi connectivity index (χ4n) is 1.96. The van der Waals surface area contributed by atoms with Crippen LogP contribution in [0.15, 0.2) is 30.3 Å². The van der Waals surface area contributed by atoms with Crippen LogP contribution in [-0.2, 0) is 4.79 Å². The van der Waals surface area contributed by atoms with Crippen LogP contribution in [0.3, 0.4) is 0 Å². The molecule has 2 rings (SSSR count). The van der Waals surface area contributed by atoms with Gasteiger partial charge in [0.05, 0.1) is 0 Å². The van der Waals surface area contributed by atoms with E-state index in [1.165, 1.54) is 0 Å². The lowest BCUT2D eigenvalue weighted by molar-refractivity contribution is 0.368. The topological polar surface area (TPSA) is 32.3 Å². The van der Waals surface area contributed by atoms with E-state index in [0.29, 0.717) is 6.04 Å². The average molecular weight is 203 g/mol. The van der Waals surface area contributed by atoms with Crippen molar-refractivity contribution in [2.45, 2.75) is 18.9 Å². The Bertz CT molecular complexity index is 313. The lowest BCUT2D eigenvalue weighted by atomic mass is 10.2. The van der Waals surface area contributed by atoms with Crippen molar-refractivity contribution in [1.29, 1.82) is 0 Å². The molecular weight excluding hydrogens is 188 g/mol. The van der Waals surface area contributed by atoms with Gasteiger partial charge in [0.1, 0.15) is 0 Å². The van der Waals surface area contributed by atoms with Gasteiger partial charge in [0, 0.05) is 24.8 Å². The highest BCUT2D eigenvalue weighted by Gasteiger charge is 2.22. The van der Waals surface area contributed by atoms with E-state index in [2.05, 4.69) is 5.32 Å². The monoisotopic (exact) mass is 203 g/mol. The summed E-state index contributed by atoms with van der Waals surface area (Å²) in [4.78, 5) is 12.4. The predicted molar refractivity (Wildman–Crippen MR) is 60.4 cm³/mol. The van der Waals surface area contributed by atoms with E-state index >= 15 is 0 Å². The smallest absolute Gasteiger partial charge is 0.312 e. The van der Waals surface area contributed by atoms with Gasteiger partial charge in [-0.05, 0) is 25.0 Å². The van der Waals surface area contributed by atoms with Crippen LogP contribution in [0.1, 0.15) is 12.8 Å². The summed E-state index contributed by atoms with van der Waals surface area (Å²) in [6.07, 6.45) is 4.17. The molecule has 1 unspecified atom stereocenters. The molecule has 1 N–H and O–H groups in total. The Hall–Kier alpha value is -1.51. The second kappa shape index (κ2) is 4.82. The number of hydrogen-bond donors (Lipinski definition) is 1. The normalized spacial score (nSPS) is 20.3. The van der Waals surface area contributed by atoms with Crippen molar-refractivity contribution in [2.75, 3.05) is 18.4 Å². The summed E-state index contributed by atoms with van der Waals surface area (Å²) in [5, 5.41) is 3.33. The van der Waals surface area contributed by atoms with Gasteiger partial charge >= 0.3 is 6.41 Å². The third-order valence-corrected chi connectivity index (χ3v) is 2.81. The SMILES string of the molecule is O=[C]N1CCCC1CNc1ccccc1. The molecule has 1 amide bonds. The first-order chi connectivity index (χ1) is 7.40. The second-order valence-electron chi connectivity index (χ2n) is 3.83. The van der Waals surface area contributed by atoms with Crippen molar-refractivity contribution in [3.05, 3.63) is 30.3 Å². The van der Waals surface area contributed by atoms with Gasteiger partial charge in [-0.2, -0.15) is 0 Å². The Labute approximate surface area is 90.1 Å². The zero-order chi connectivity index (χ0) is 10.5. The highest BCUT2D eigenvalue weighted by Crippen LogP contribution is 2.16. The Balaban J connectivity index is 1.85. The van der Waals surface area contributed by atoms with Crippen molar-refractivity contribution in [3.8, 4) is 0 Å². The number of anilines is 1. The Morgan fingerprint density at radius 1 is 1.40 bits per heavy atom. The maximum absolute atomic E-state index is 10.6. The van der Waals surface area contributed by atoms with Gasteiger partial charge < -0.3 is 10.2 Å². The van der Waals surface area contributed by atoms with Crippen molar-refractivity contribution in [1.82, 2.24) is 4.90 Å². The number of nitrogens with one attached hydrogen (secondary N) is 1. The number of para-hydroxylation sites is 1. The molecule has 1 atom stereocenters. The zero-order valence-corrected chi connectivity index (χ0v) is 8.65. The zero-order valence-electron chi connectivity index (χ0n) is 8.65. The van der Waals surface area contributed by atoms with Crippen LogP contribution in [0.4, 0.5) is 5.69 Å². The highest BCUT2D eigenvalue weighted by atomic mass is 16.1. The van der Waals surface area contributed by atoms with Gasteiger partial charge in [0.2, 0.25) is 0 Å². The van der Waals surface area contributed by atoms with Crippen LogP contribution < -0.4 is 5.32 Å². The molecule has 1 aromatic rings. The summed E-state index contributed by atoms with van der Waals surface area (Å²) in [5.41, 5.74) is 1.11. The third-order valence-electron chi connectivity index (χ3n) is 2.81. The van der Waals surface area contributed by atoms with E-state index in [0.717, 1.165) is 31.6 Å². The number of rotatable bonds is 4. The minimum atomic E-state index is 0.308. The number of carbonyl (C=O) groups excluding carboxylic acids is 1. The van der Waals surface area contributed by atoms with Crippen LogP contribution in [0.2, 0.25) is 0 Å². The van der Waals surface area contributed by atoms with E-state index in [1.807, 2.05) is 36.7 Å². The van der Waals surface area contributed by atoms with Gasteiger partial charge in [0.25, 0.3) is 0 Å². The summed E-state index contributed by atoms with van der Waals surface area (Å²) in [5.74, 6) is 0. The molecule has 79 valence electrons. The molecule has 1 saturated heterocycles. The van der Waals surface area contributed by atoms with Crippen molar-refractivity contribution in [3.63, 3.8) is 0 Å². The van der Waals surface area contributed by atoms with Crippen LogP contribution in [0.25, 0.3) is 0 Å². The number of likely N-dealkylation sites (tertiary alicyclic amines) is 1. The molecule has 1 aromatic carbocycles. The van der Waals surface area contributed by atoms with E-state index in [-0.39, 0.29) is 0 Å². The summed E-state index contributed by atoms with van der Waals surface area (Å²) < 4.78 is 0. The molecule has 3 nitrogen and oxygen atoms in total. The Kier molecular flexibility index (Phi) is 3.22. The van der Waals surface area contributed by atoms with E-state index in [1.54, 1.807) is 4.90 Å². The highest BCUT2D eigenvalue weighted by molar-refractivity contribution is 5.50. The van der Waals surface area contributed by atoms with Gasteiger partial charge in [-0.15, -0.1) is 0 Å². The van der Waals surface area contributed by atoms with Gasteiger partial charge in [-0.1, -0.05) is 18.2 Å². The first kappa shape index (κ1) is 10.0. The minimum Gasteiger partial charge on any atom is -0.383 e. The molecule has 1 radical (unpaired) electrons. The van der Waals surface area contributed by atoms with Crippen LogP contribution in [-0.4, -0.2) is 30.4 Å². The van der Waals surface area contributed by atoms with E-state index < -0.39 is 0 Å². The predicted octanol–water partition coefficient (Wildman–Crippen LogP) is 1.63. The van der Waals surface area contributed by atoms with E-state index in [4.69, 9.17) is 0 Å². The van der Waals surface area contributed by atoms with Crippen LogP contribution >= 0.6 is 0 Å². The molecule has 0 saturated carbocycles. The molecule has 15 heavy (non-hydrogen) atoms. The largest absolute Gasteiger partial charge is 0.383 e. The number of hydrogen-bond acceptors (Lipinski definition) is 2. The summed E-state index contributed by atoms with van der Waals surface area (Å²) in [6, 6.07) is 10.4. The molecular formula is C12H15N2O. The van der Waals surface area contributed by atoms with Crippen molar-refractivity contribution in [2.24, 2.45) is 0 Å². The summed E-state index contributed by atoms with van der Waals surface area (Å²) >= 11 is 0. The Morgan fingerprint density at radius 2 is 2.20 bits per heavy atom. The molecule has 3 heteroatoms. The Morgan fingerprint density at radius 3 is 2.93 bits per heavy atom. The molecule has 1 fully saturated rings. The molecule has 0 aromatic heterocycles. The quantitative estimate of drug-likeness (QED) is 0.806. The number of nitrogens with zero attached hydrogens (tertiary/aromatic N) is 1. The maximum Gasteiger partial charge on any atom is 0.312 e. The maximum atomic E-state index is 10.6. The van der Waals surface area contributed by atoms with Crippen LogP contribution in [0, 0.1) is 0 Å². The number of benzene rings is 1. The summed E-state index contributed by atoms with van der Waals surface area (Å²) in [7, 11) is 0. The lowest BCUT2D eigenvalue weighted by Crippen LogP contribution is -2.33. The third kappa shape index (κ3) is 2.49. The molecule has 1 aliphatic rings. The standard InChI is InChI=1S/C12H15N2O/c15-10-14-8-4-7-12(14)9-13-11-5-2-1-3-6-11/h1-3,5-6,12-13H,4,7-9H2. The fraction of sp³-hybridized carbons (Fsp3) is 0.417. The lowest BCUT2D eigenvalue weighted by Gasteiger charge is -2.19. The van der Waals surface area contributed by atoms with Gasteiger partial charge in [0.15, 0.2) is 0 Å². The minimum absolute atomic E-state index is 0.308. The molecule has 0 spiro atoms. The van der Waals surface area contributed by atoms with Gasteiger partial charge in [-0.3, -0.25) is 4.79 Å². The van der Waals surface area contributed by atoms with Crippen molar-refractivity contribution >= 4 is 12.1 Å². The van der Waals surface area contributed by atoms with Crippen molar-refractivity contribution < 1.29 is 4.79 Å². The van der Waals surface area contributed by atoms with Crippen LogP contribution in [0.5, 0.6) is 0 Å². The summed E-state index contributed by atoms with van der Waals surface area (Å²) in [6.45, 7) is 1.67. The van der Waals surface area contributed by atoms with E-state index in [9.17, 15) is 4.79 Å².